The number of hydrogen-bond acceptors (Lipinski definition) is 2. The fourth-order valence-electron chi connectivity index (χ4n) is 1.45. The van der Waals surface area contributed by atoms with Crippen LogP contribution in [0.15, 0.2) is 0 Å². The number of hydrogen-bond donors (Lipinski definition) is 0. The molecule has 0 N–H and O–H groups in total. The molecule has 0 amide bonds. The predicted octanol–water partition coefficient (Wildman–Crippen LogP) is 3.48. The summed E-state index contributed by atoms with van der Waals surface area (Å²) in [6.45, 7) is 5.18. The molecule has 0 aromatic heterocycles. The summed E-state index contributed by atoms with van der Waals surface area (Å²) >= 11 is 0. The molecule has 2 atom stereocenters. The molecule has 0 fully saturated rings. The van der Waals surface area contributed by atoms with Crippen molar-refractivity contribution in [1.82, 2.24) is 0 Å². The van der Waals surface area contributed by atoms with Crippen molar-refractivity contribution < 1.29 is 34.6 Å². The Bertz CT molecular complexity index is 271. The average Bonchev–Trinajstić information content (AvgIpc) is 2.20. The third kappa shape index (κ3) is 13.1. The lowest BCUT2D eigenvalue weighted by atomic mass is 10.5. The Balaban J connectivity index is 4.27. The lowest BCUT2D eigenvalue weighted by molar-refractivity contribution is -0.131. The quantitative estimate of drug-likeness (QED) is 0.488. The summed E-state index contributed by atoms with van der Waals surface area (Å²) in [6.07, 6.45) is -10.5. The van der Waals surface area contributed by atoms with Crippen LogP contribution in [0.4, 0.5) is 26.3 Å². The highest BCUT2D eigenvalue weighted by molar-refractivity contribution is 6.67. The fourth-order valence-corrected chi connectivity index (χ4v) is 9.71. The summed E-state index contributed by atoms with van der Waals surface area (Å²) in [5.41, 5.74) is 0. The van der Waals surface area contributed by atoms with Crippen LogP contribution in [0.1, 0.15) is 12.8 Å². The van der Waals surface area contributed by atoms with Gasteiger partial charge in [-0.3, -0.25) is 0 Å². The summed E-state index contributed by atoms with van der Waals surface area (Å²) < 4.78 is 83.7. The zero-order chi connectivity index (χ0) is 16.0. The third-order valence-electron chi connectivity index (χ3n) is 2.31. The van der Waals surface area contributed by atoms with Crippen LogP contribution in [-0.2, 0) is 8.23 Å². The minimum atomic E-state index is -4.28. The summed E-state index contributed by atoms with van der Waals surface area (Å²) in [4.78, 5) is 0. The fraction of sp³-hybridized carbons (Fsp3) is 1.00. The first-order valence-electron chi connectivity index (χ1n) is 6.33. The van der Waals surface area contributed by atoms with Gasteiger partial charge in [0.1, 0.15) is 0 Å². The SMILES string of the molecule is C[SiH](C)O[SiH](CCC(F)(F)F)O[SiH](C)CCC(F)(F)F. The molecule has 0 aliphatic rings. The molecule has 0 aliphatic heterocycles. The van der Waals surface area contributed by atoms with Gasteiger partial charge in [0.15, 0.2) is 18.1 Å². The smallest absolute Gasteiger partial charge is 0.389 e. The van der Waals surface area contributed by atoms with Crippen molar-refractivity contribution in [3.8, 4) is 0 Å². The van der Waals surface area contributed by atoms with Gasteiger partial charge in [-0.05, 0) is 31.7 Å². The summed E-state index contributed by atoms with van der Waals surface area (Å²) in [7, 11) is -6.19. The van der Waals surface area contributed by atoms with Crippen molar-refractivity contribution in [2.75, 3.05) is 0 Å². The van der Waals surface area contributed by atoms with Gasteiger partial charge in [-0.1, -0.05) is 0 Å². The van der Waals surface area contributed by atoms with Gasteiger partial charge < -0.3 is 8.23 Å². The lowest BCUT2D eigenvalue weighted by Crippen LogP contribution is -2.35. The van der Waals surface area contributed by atoms with Gasteiger partial charge in [-0.2, -0.15) is 26.3 Å². The molecular formula is C9H20F6O2Si3. The second-order valence-electron chi connectivity index (χ2n) is 4.87. The molecule has 0 spiro atoms. The van der Waals surface area contributed by atoms with Gasteiger partial charge in [0.2, 0.25) is 0 Å². The molecule has 122 valence electrons. The van der Waals surface area contributed by atoms with Crippen molar-refractivity contribution >= 4 is 27.4 Å². The highest BCUT2D eigenvalue weighted by Gasteiger charge is 2.32. The van der Waals surface area contributed by atoms with Gasteiger partial charge in [-0.15, -0.1) is 0 Å². The Morgan fingerprint density at radius 3 is 1.60 bits per heavy atom. The standard InChI is InChI=1S/C9H20F6O2Si3/c1-18(2)16-20(7-5-9(13,14)15)17-19(3)6-4-8(10,11)12/h18-20H,4-7H2,1-3H3. The van der Waals surface area contributed by atoms with Gasteiger partial charge in [0.05, 0.1) is 0 Å². The maximum atomic E-state index is 12.2. The van der Waals surface area contributed by atoms with E-state index in [2.05, 4.69) is 0 Å². The van der Waals surface area contributed by atoms with E-state index >= 15 is 0 Å². The van der Waals surface area contributed by atoms with Crippen LogP contribution < -0.4 is 0 Å². The van der Waals surface area contributed by atoms with Crippen LogP contribution in [0.2, 0.25) is 31.7 Å². The van der Waals surface area contributed by atoms with Crippen molar-refractivity contribution in [3.05, 3.63) is 0 Å². The molecule has 2 nitrogen and oxygen atoms in total. The molecule has 0 saturated carbocycles. The molecule has 0 aromatic rings. The second kappa shape index (κ2) is 8.56. The molecule has 0 bridgehead atoms. The molecule has 0 saturated heterocycles. The van der Waals surface area contributed by atoms with E-state index < -0.39 is 52.6 Å². The highest BCUT2D eigenvalue weighted by Crippen LogP contribution is 2.25. The van der Waals surface area contributed by atoms with Gasteiger partial charge in [0, 0.05) is 12.8 Å². The van der Waals surface area contributed by atoms with Crippen LogP contribution >= 0.6 is 0 Å². The van der Waals surface area contributed by atoms with E-state index in [0.29, 0.717) is 0 Å². The molecule has 0 aromatic carbocycles. The average molecular weight is 359 g/mol. The maximum absolute atomic E-state index is 12.2. The molecule has 0 heterocycles. The Kier molecular flexibility index (Phi) is 8.62. The molecule has 0 rings (SSSR count). The zero-order valence-electron chi connectivity index (χ0n) is 11.6. The Morgan fingerprint density at radius 2 is 1.20 bits per heavy atom. The Hall–Kier alpha value is 0.151. The first-order valence-corrected chi connectivity index (χ1v) is 13.3. The molecule has 0 radical (unpaired) electrons. The number of alkyl halides is 6. The molecule has 11 heteroatoms. The van der Waals surface area contributed by atoms with E-state index in [-0.39, 0.29) is 12.1 Å². The minimum Gasteiger partial charge on any atom is -0.441 e. The van der Waals surface area contributed by atoms with Gasteiger partial charge in [0.25, 0.3) is 0 Å². The zero-order valence-corrected chi connectivity index (χ0v) is 15.1. The Morgan fingerprint density at radius 1 is 0.750 bits per heavy atom. The second-order valence-corrected chi connectivity index (χ2v) is 12.8. The van der Waals surface area contributed by atoms with Gasteiger partial charge in [-0.25, -0.2) is 0 Å². The van der Waals surface area contributed by atoms with E-state index in [1.54, 1.807) is 19.6 Å². The lowest BCUT2D eigenvalue weighted by Gasteiger charge is -2.23. The van der Waals surface area contributed by atoms with Crippen molar-refractivity contribution in [2.45, 2.75) is 56.9 Å². The van der Waals surface area contributed by atoms with Crippen molar-refractivity contribution in [1.29, 1.82) is 0 Å². The highest BCUT2D eigenvalue weighted by atomic mass is 28.4. The summed E-state index contributed by atoms with van der Waals surface area (Å²) in [6, 6.07) is -0.347. The summed E-state index contributed by atoms with van der Waals surface area (Å²) in [5.74, 6) is 0. The van der Waals surface area contributed by atoms with E-state index in [0.717, 1.165) is 0 Å². The molecule has 20 heavy (non-hydrogen) atoms. The minimum absolute atomic E-state index is 0.123. The molecular weight excluding hydrogens is 338 g/mol. The molecule has 2 unspecified atom stereocenters. The largest absolute Gasteiger partial charge is 0.441 e. The van der Waals surface area contributed by atoms with Crippen molar-refractivity contribution in [2.24, 2.45) is 0 Å². The van der Waals surface area contributed by atoms with Crippen LogP contribution in [0.25, 0.3) is 0 Å². The van der Waals surface area contributed by atoms with Gasteiger partial charge >= 0.3 is 21.6 Å². The van der Waals surface area contributed by atoms with E-state index in [1.807, 2.05) is 0 Å². The summed E-state index contributed by atoms with van der Waals surface area (Å²) in [5, 5.41) is 0. The Labute approximate surface area is 119 Å². The first kappa shape index (κ1) is 20.2. The monoisotopic (exact) mass is 358 g/mol. The third-order valence-corrected chi connectivity index (χ3v) is 10.6. The normalized spacial score (nSPS) is 16.5. The maximum Gasteiger partial charge on any atom is 0.389 e. The number of halogens is 6. The van der Waals surface area contributed by atoms with E-state index in [1.165, 1.54) is 0 Å². The topological polar surface area (TPSA) is 18.5 Å². The predicted molar refractivity (Wildman–Crippen MR) is 72.2 cm³/mol. The van der Waals surface area contributed by atoms with Crippen LogP contribution in [0.5, 0.6) is 0 Å². The van der Waals surface area contributed by atoms with E-state index in [4.69, 9.17) is 8.23 Å². The molecule has 0 aliphatic carbocycles. The van der Waals surface area contributed by atoms with Crippen molar-refractivity contribution in [3.63, 3.8) is 0 Å². The number of rotatable bonds is 8. The van der Waals surface area contributed by atoms with Crippen LogP contribution in [0.3, 0.4) is 0 Å². The first-order chi connectivity index (χ1) is 8.89. The van der Waals surface area contributed by atoms with E-state index in [9.17, 15) is 26.3 Å². The van der Waals surface area contributed by atoms with Crippen LogP contribution in [0, 0.1) is 0 Å². The van der Waals surface area contributed by atoms with Crippen LogP contribution in [-0.4, -0.2) is 39.7 Å².